The second-order valence-electron chi connectivity index (χ2n) is 9.26. The number of nitriles is 1. The molecule has 4 aromatic rings. The Labute approximate surface area is 212 Å². The predicted molar refractivity (Wildman–Crippen MR) is 137 cm³/mol. The van der Waals surface area contributed by atoms with Gasteiger partial charge in [0.15, 0.2) is 0 Å². The molecule has 0 spiro atoms. The fourth-order valence-electron chi connectivity index (χ4n) is 5.03. The second kappa shape index (κ2) is 9.22. The largest absolute Gasteiger partial charge is 0.488 e. The van der Waals surface area contributed by atoms with Gasteiger partial charge in [-0.2, -0.15) is 5.26 Å². The van der Waals surface area contributed by atoms with Crippen LogP contribution in [-0.2, 0) is 6.61 Å². The van der Waals surface area contributed by atoms with Crippen molar-refractivity contribution in [1.82, 2.24) is 14.6 Å². The monoisotopic (exact) mass is 498 g/mol. The molecule has 1 N–H and O–H groups in total. The van der Waals surface area contributed by atoms with Crippen molar-refractivity contribution in [2.45, 2.75) is 6.61 Å². The molecule has 1 aromatic heterocycles. The van der Waals surface area contributed by atoms with Crippen LogP contribution in [-0.4, -0.2) is 47.8 Å². The van der Waals surface area contributed by atoms with E-state index in [9.17, 15) is 14.0 Å². The van der Waals surface area contributed by atoms with Crippen LogP contribution in [0.15, 0.2) is 59.6 Å². The Morgan fingerprint density at radius 1 is 1.03 bits per heavy atom. The number of ether oxygens (including phenoxy) is 1. The molecule has 0 radical (unpaired) electrons. The summed E-state index contributed by atoms with van der Waals surface area (Å²) in [5, 5.41) is 11.5. The predicted octanol–water partition coefficient (Wildman–Crippen LogP) is 3.99. The Hall–Kier alpha value is -4.42. The van der Waals surface area contributed by atoms with E-state index in [0.29, 0.717) is 28.1 Å². The molecule has 0 atom stereocenters. The van der Waals surface area contributed by atoms with Crippen LogP contribution in [0.25, 0.3) is 22.7 Å². The Bertz CT molecular complexity index is 1650. The molecular formula is C28H24F2N6O. The summed E-state index contributed by atoms with van der Waals surface area (Å²) in [5.41, 5.74) is 5.57. The van der Waals surface area contributed by atoms with E-state index < -0.39 is 5.82 Å². The van der Waals surface area contributed by atoms with Gasteiger partial charge in [-0.3, -0.25) is 0 Å². The van der Waals surface area contributed by atoms with Gasteiger partial charge in [-0.25, -0.2) is 13.5 Å². The number of aromatic nitrogens is 2. The number of nitrogens with zero attached hydrogens (tertiary/aromatic N) is 5. The number of halogens is 2. The van der Waals surface area contributed by atoms with Gasteiger partial charge in [-0.15, -0.1) is 4.99 Å². The van der Waals surface area contributed by atoms with Crippen molar-refractivity contribution in [2.24, 2.45) is 4.99 Å². The number of imidazole rings is 1. The Kier molecular flexibility index (Phi) is 5.74. The molecule has 0 bridgehead atoms. The summed E-state index contributed by atoms with van der Waals surface area (Å²) < 4.78 is 36.6. The minimum absolute atomic E-state index is 0.00944. The van der Waals surface area contributed by atoms with Crippen LogP contribution in [0.1, 0.15) is 22.3 Å². The molecule has 0 unspecified atom stereocenters. The van der Waals surface area contributed by atoms with E-state index >= 15 is 0 Å². The molecule has 7 nitrogen and oxygen atoms in total. The lowest BCUT2D eigenvalue weighted by Crippen LogP contribution is -2.52. The highest BCUT2D eigenvalue weighted by Gasteiger charge is 2.23. The van der Waals surface area contributed by atoms with Crippen LogP contribution in [0.2, 0.25) is 0 Å². The van der Waals surface area contributed by atoms with Gasteiger partial charge in [0, 0.05) is 43.4 Å². The standard InChI is InChI=1S/C28H24F2N6O/c1-34-9-11-35(12-10-34)36-26-8-5-18(14-25(26)33-28(36)32-17-31)13-22-20-3-2-4-24(30)23(20)16-37-27-15-19(29)6-7-21(22)27/h2-8,13-15H,9-12,16H2,1H3,(H,32,33). The molecule has 37 heavy (non-hydrogen) atoms. The maximum Gasteiger partial charge on any atom is 0.238 e. The topological polar surface area (TPSA) is 72.6 Å². The summed E-state index contributed by atoms with van der Waals surface area (Å²) in [7, 11) is 2.09. The minimum Gasteiger partial charge on any atom is -0.488 e. The van der Waals surface area contributed by atoms with Crippen molar-refractivity contribution in [1.29, 1.82) is 5.26 Å². The minimum atomic E-state index is -0.417. The van der Waals surface area contributed by atoms with E-state index in [-0.39, 0.29) is 12.4 Å². The number of aromatic amines is 1. The van der Waals surface area contributed by atoms with Crippen molar-refractivity contribution in [2.75, 3.05) is 38.2 Å². The average Bonchev–Trinajstić information content (AvgIpc) is 3.16. The van der Waals surface area contributed by atoms with Gasteiger partial charge in [0.25, 0.3) is 0 Å². The summed E-state index contributed by atoms with van der Waals surface area (Å²) >= 11 is 0. The third kappa shape index (κ3) is 4.15. The first kappa shape index (κ1) is 23.0. The van der Waals surface area contributed by atoms with Crippen LogP contribution in [0.4, 0.5) is 8.78 Å². The molecule has 9 heteroatoms. The van der Waals surface area contributed by atoms with Crippen molar-refractivity contribution in [3.63, 3.8) is 0 Å². The van der Waals surface area contributed by atoms with Gasteiger partial charge in [-0.1, -0.05) is 18.2 Å². The first-order valence-electron chi connectivity index (χ1n) is 12.1. The van der Waals surface area contributed by atoms with Crippen LogP contribution in [0.5, 0.6) is 5.75 Å². The lowest BCUT2D eigenvalue weighted by molar-refractivity contribution is 0.287. The number of benzene rings is 3. The van der Waals surface area contributed by atoms with Gasteiger partial charge in [0.2, 0.25) is 11.8 Å². The Balaban J connectivity index is 1.51. The Morgan fingerprint density at radius 3 is 2.68 bits per heavy atom. The van der Waals surface area contributed by atoms with Crippen molar-refractivity contribution in [3.05, 3.63) is 94.1 Å². The van der Waals surface area contributed by atoms with Gasteiger partial charge in [0.1, 0.15) is 24.0 Å². The highest BCUT2D eigenvalue weighted by molar-refractivity contribution is 5.95. The molecule has 1 saturated heterocycles. The zero-order valence-corrected chi connectivity index (χ0v) is 20.2. The van der Waals surface area contributed by atoms with E-state index in [2.05, 4.69) is 26.9 Å². The number of hydrogen-bond donors (Lipinski definition) is 1. The summed E-state index contributed by atoms with van der Waals surface area (Å²) in [6.45, 7) is 3.45. The van der Waals surface area contributed by atoms with Crippen LogP contribution in [0, 0.1) is 23.1 Å². The second-order valence-corrected chi connectivity index (χ2v) is 9.26. The number of H-pyrrole nitrogens is 1. The first-order valence-corrected chi connectivity index (χ1v) is 12.1. The first-order chi connectivity index (χ1) is 18.0. The highest BCUT2D eigenvalue weighted by Crippen LogP contribution is 2.39. The van der Waals surface area contributed by atoms with Crippen LogP contribution < -0.4 is 15.4 Å². The number of fused-ring (bicyclic) bond motifs is 3. The van der Waals surface area contributed by atoms with Gasteiger partial charge in [-0.05, 0) is 60.2 Å². The smallest absolute Gasteiger partial charge is 0.238 e. The van der Waals surface area contributed by atoms with E-state index in [1.807, 2.05) is 41.2 Å². The molecule has 6 rings (SSSR count). The van der Waals surface area contributed by atoms with E-state index in [1.165, 1.54) is 18.2 Å². The summed E-state index contributed by atoms with van der Waals surface area (Å²) in [6, 6.07) is 15.2. The molecule has 2 aliphatic heterocycles. The average molecular weight is 499 g/mol. The molecule has 0 amide bonds. The molecular weight excluding hydrogens is 474 g/mol. The molecule has 2 aliphatic rings. The number of nitrogens with one attached hydrogen (secondary N) is 1. The molecule has 0 saturated carbocycles. The Morgan fingerprint density at radius 2 is 1.86 bits per heavy atom. The third-order valence-electron chi connectivity index (χ3n) is 6.94. The van der Waals surface area contributed by atoms with Gasteiger partial charge < -0.3 is 19.6 Å². The van der Waals surface area contributed by atoms with Crippen LogP contribution >= 0.6 is 0 Å². The molecule has 1 fully saturated rings. The van der Waals surface area contributed by atoms with E-state index in [1.54, 1.807) is 12.1 Å². The molecule has 0 aliphatic carbocycles. The van der Waals surface area contributed by atoms with Crippen molar-refractivity contribution in [3.8, 4) is 11.9 Å². The SMILES string of the molecule is CN1CCN(n2c(=NC#N)[nH]c3cc(C=C4c5ccc(F)cc5OCc5c(F)cccc54)ccc32)CC1. The van der Waals surface area contributed by atoms with Crippen molar-refractivity contribution >= 4 is 22.7 Å². The lowest BCUT2D eigenvalue weighted by Gasteiger charge is -2.34. The summed E-state index contributed by atoms with van der Waals surface area (Å²) in [6.07, 6.45) is 3.85. The maximum atomic E-state index is 14.8. The maximum absolute atomic E-state index is 14.8. The third-order valence-corrected chi connectivity index (χ3v) is 6.94. The van der Waals surface area contributed by atoms with E-state index in [0.717, 1.165) is 48.3 Å². The van der Waals surface area contributed by atoms with Crippen LogP contribution in [0.3, 0.4) is 0 Å². The number of likely N-dealkylation sites (N-methyl/N-ethyl adjacent to an activating group) is 1. The fourth-order valence-corrected chi connectivity index (χ4v) is 5.03. The normalized spacial score (nSPS) is 17.3. The summed E-state index contributed by atoms with van der Waals surface area (Å²) in [5.74, 6) is -0.419. The van der Waals surface area contributed by atoms with Gasteiger partial charge >= 0.3 is 0 Å². The highest BCUT2D eigenvalue weighted by atomic mass is 19.1. The number of piperazine rings is 1. The molecule has 186 valence electrons. The van der Waals surface area contributed by atoms with Gasteiger partial charge in [0.05, 0.1) is 11.0 Å². The lowest BCUT2D eigenvalue weighted by atomic mass is 9.92. The fraction of sp³-hybridized carbons (Fsp3) is 0.214. The zero-order valence-electron chi connectivity index (χ0n) is 20.2. The number of hydrogen-bond acceptors (Lipinski definition) is 5. The molecule has 3 heterocycles. The zero-order chi connectivity index (χ0) is 25.5. The quantitative estimate of drug-likeness (QED) is 0.424. The summed E-state index contributed by atoms with van der Waals surface area (Å²) in [4.78, 5) is 9.56. The number of rotatable bonds is 2. The van der Waals surface area contributed by atoms with Crippen molar-refractivity contribution < 1.29 is 13.5 Å². The molecule has 3 aromatic carbocycles. The van der Waals surface area contributed by atoms with E-state index in [4.69, 9.17) is 4.74 Å².